The number of rotatable bonds is 4. The molecule has 1 saturated carbocycles. The Kier molecular flexibility index (Phi) is 4.40. The van der Waals surface area contributed by atoms with E-state index in [1.54, 1.807) is 6.20 Å². The number of imidazole rings is 1. The standard InChI is InChI=1S/C15H19ClN4S/c16-11-8-12-15(18-9-11)20(7-6-13(17)21)14(19-12)10-4-2-1-3-5-10/h8-10H,1-7H2,(H2,17,21). The third-order valence-corrected chi connectivity index (χ3v) is 4.54. The third kappa shape index (κ3) is 3.19. The topological polar surface area (TPSA) is 56.7 Å². The number of fused-ring (bicyclic) bond motifs is 1. The van der Waals surface area contributed by atoms with Gasteiger partial charge in [0.1, 0.15) is 11.3 Å². The molecule has 6 heteroatoms. The first-order valence-corrected chi connectivity index (χ1v) is 8.24. The van der Waals surface area contributed by atoms with Crippen LogP contribution in [-0.4, -0.2) is 19.5 Å². The molecule has 0 atom stereocenters. The van der Waals surface area contributed by atoms with Crippen LogP contribution in [0.5, 0.6) is 0 Å². The molecule has 2 aromatic heterocycles. The molecule has 0 amide bonds. The molecular formula is C15H19ClN4S. The number of aryl methyl sites for hydroxylation is 1. The summed E-state index contributed by atoms with van der Waals surface area (Å²) in [7, 11) is 0. The molecule has 1 fully saturated rings. The van der Waals surface area contributed by atoms with E-state index < -0.39 is 0 Å². The van der Waals surface area contributed by atoms with Crippen LogP contribution in [0.1, 0.15) is 50.3 Å². The normalized spacial score (nSPS) is 16.4. The van der Waals surface area contributed by atoms with Crippen LogP contribution in [0.25, 0.3) is 11.2 Å². The van der Waals surface area contributed by atoms with Crippen LogP contribution in [0.2, 0.25) is 5.02 Å². The molecule has 0 aromatic carbocycles. The largest absolute Gasteiger partial charge is 0.393 e. The smallest absolute Gasteiger partial charge is 0.160 e. The van der Waals surface area contributed by atoms with Crippen molar-refractivity contribution in [3.8, 4) is 0 Å². The average molecular weight is 323 g/mol. The highest BCUT2D eigenvalue weighted by Gasteiger charge is 2.23. The summed E-state index contributed by atoms with van der Waals surface area (Å²) in [6.45, 7) is 0.742. The number of nitrogens with zero attached hydrogens (tertiary/aromatic N) is 3. The second kappa shape index (κ2) is 6.28. The quantitative estimate of drug-likeness (QED) is 0.870. The Labute approximate surface area is 134 Å². The predicted molar refractivity (Wildman–Crippen MR) is 89.8 cm³/mol. The first-order chi connectivity index (χ1) is 10.1. The van der Waals surface area contributed by atoms with Gasteiger partial charge in [-0.2, -0.15) is 0 Å². The van der Waals surface area contributed by atoms with Gasteiger partial charge in [-0.3, -0.25) is 0 Å². The first-order valence-electron chi connectivity index (χ1n) is 7.45. The van der Waals surface area contributed by atoms with Crippen molar-refractivity contribution in [2.45, 2.75) is 51.0 Å². The molecule has 2 heterocycles. The van der Waals surface area contributed by atoms with Crippen molar-refractivity contribution in [3.63, 3.8) is 0 Å². The summed E-state index contributed by atoms with van der Waals surface area (Å²) in [4.78, 5) is 9.79. The molecule has 0 saturated heterocycles. The van der Waals surface area contributed by atoms with Crippen LogP contribution in [0.3, 0.4) is 0 Å². The van der Waals surface area contributed by atoms with Crippen LogP contribution in [-0.2, 0) is 6.54 Å². The van der Waals surface area contributed by atoms with Gasteiger partial charge in [0.25, 0.3) is 0 Å². The van der Waals surface area contributed by atoms with Gasteiger partial charge in [-0.1, -0.05) is 43.1 Å². The van der Waals surface area contributed by atoms with Gasteiger partial charge < -0.3 is 10.3 Å². The number of halogens is 1. The molecular weight excluding hydrogens is 304 g/mol. The van der Waals surface area contributed by atoms with Crippen molar-refractivity contribution in [1.29, 1.82) is 0 Å². The van der Waals surface area contributed by atoms with Gasteiger partial charge in [0.15, 0.2) is 5.65 Å². The summed E-state index contributed by atoms with van der Waals surface area (Å²) in [6, 6.07) is 1.88. The lowest BCUT2D eigenvalue weighted by molar-refractivity contribution is 0.417. The summed E-state index contributed by atoms with van der Waals surface area (Å²) in [5.74, 6) is 1.63. The van der Waals surface area contributed by atoms with Gasteiger partial charge >= 0.3 is 0 Å². The van der Waals surface area contributed by atoms with E-state index in [9.17, 15) is 0 Å². The molecule has 0 bridgehead atoms. The second-order valence-electron chi connectivity index (χ2n) is 5.67. The van der Waals surface area contributed by atoms with Gasteiger partial charge in [-0.05, 0) is 18.9 Å². The monoisotopic (exact) mass is 322 g/mol. The van der Waals surface area contributed by atoms with Crippen molar-refractivity contribution in [3.05, 3.63) is 23.1 Å². The molecule has 0 aliphatic heterocycles. The summed E-state index contributed by atoms with van der Waals surface area (Å²) in [6.07, 6.45) is 8.62. The maximum absolute atomic E-state index is 6.04. The van der Waals surface area contributed by atoms with Gasteiger partial charge in [-0.15, -0.1) is 0 Å². The molecule has 2 N–H and O–H groups in total. The zero-order valence-corrected chi connectivity index (χ0v) is 13.5. The van der Waals surface area contributed by atoms with E-state index in [4.69, 9.17) is 34.5 Å². The zero-order valence-electron chi connectivity index (χ0n) is 11.9. The Morgan fingerprint density at radius 1 is 1.38 bits per heavy atom. The van der Waals surface area contributed by atoms with Gasteiger partial charge in [-0.25, -0.2) is 9.97 Å². The maximum atomic E-state index is 6.04. The number of aromatic nitrogens is 3. The molecule has 0 spiro atoms. The fraction of sp³-hybridized carbons (Fsp3) is 0.533. The maximum Gasteiger partial charge on any atom is 0.160 e. The summed E-state index contributed by atoms with van der Waals surface area (Å²) >= 11 is 11.1. The van der Waals surface area contributed by atoms with Crippen LogP contribution >= 0.6 is 23.8 Å². The number of pyridine rings is 1. The van der Waals surface area contributed by atoms with Crippen LogP contribution in [0.15, 0.2) is 12.3 Å². The fourth-order valence-corrected chi connectivity index (χ4v) is 3.36. The number of nitrogens with two attached hydrogens (primary N) is 1. The minimum absolute atomic E-state index is 0.512. The van der Waals surface area contributed by atoms with Gasteiger partial charge in [0, 0.05) is 25.1 Å². The molecule has 0 radical (unpaired) electrons. The van der Waals surface area contributed by atoms with Crippen molar-refractivity contribution < 1.29 is 0 Å². The van der Waals surface area contributed by atoms with E-state index in [1.165, 1.54) is 32.1 Å². The number of hydrogen-bond donors (Lipinski definition) is 1. The SMILES string of the molecule is NC(=S)CCn1c(C2CCCCC2)nc2cc(Cl)cnc21. The van der Waals surface area contributed by atoms with Crippen LogP contribution in [0.4, 0.5) is 0 Å². The summed E-state index contributed by atoms with van der Waals surface area (Å²) in [5, 5.41) is 0.622. The van der Waals surface area contributed by atoms with E-state index in [2.05, 4.69) is 9.55 Å². The zero-order chi connectivity index (χ0) is 14.8. The Balaban J connectivity index is 2.02. The number of thiocarbonyl (C=S) groups is 1. The lowest BCUT2D eigenvalue weighted by Gasteiger charge is -2.22. The third-order valence-electron chi connectivity index (χ3n) is 4.13. The van der Waals surface area contributed by atoms with Gasteiger partial charge in [0.05, 0.1) is 10.0 Å². The molecule has 112 valence electrons. The molecule has 4 nitrogen and oxygen atoms in total. The van der Waals surface area contributed by atoms with E-state index in [1.807, 2.05) is 6.07 Å². The van der Waals surface area contributed by atoms with Gasteiger partial charge in [0.2, 0.25) is 0 Å². The van der Waals surface area contributed by atoms with Crippen LogP contribution in [0, 0.1) is 0 Å². The average Bonchev–Trinajstić information content (AvgIpc) is 2.83. The van der Waals surface area contributed by atoms with Crippen molar-refractivity contribution in [2.24, 2.45) is 5.73 Å². The van der Waals surface area contributed by atoms with E-state index in [-0.39, 0.29) is 0 Å². The molecule has 21 heavy (non-hydrogen) atoms. The van der Waals surface area contributed by atoms with Crippen LogP contribution < -0.4 is 5.73 Å². The summed E-state index contributed by atoms with van der Waals surface area (Å²) in [5.41, 5.74) is 7.41. The van der Waals surface area contributed by atoms with E-state index in [0.717, 1.165) is 23.5 Å². The highest BCUT2D eigenvalue weighted by atomic mass is 35.5. The Bertz CT molecular complexity index is 661. The minimum atomic E-state index is 0.512. The number of hydrogen-bond acceptors (Lipinski definition) is 3. The molecule has 1 aliphatic rings. The summed E-state index contributed by atoms with van der Waals surface area (Å²) < 4.78 is 2.18. The molecule has 0 unspecified atom stereocenters. The lowest BCUT2D eigenvalue weighted by Crippen LogP contribution is -2.16. The Morgan fingerprint density at radius 2 is 2.14 bits per heavy atom. The van der Waals surface area contributed by atoms with E-state index in [0.29, 0.717) is 22.3 Å². The first kappa shape index (κ1) is 14.7. The Hall–Kier alpha value is -1.20. The predicted octanol–water partition coefficient (Wildman–Crippen LogP) is 3.81. The molecule has 1 aliphatic carbocycles. The fourth-order valence-electron chi connectivity index (χ4n) is 3.12. The Morgan fingerprint density at radius 3 is 2.86 bits per heavy atom. The van der Waals surface area contributed by atoms with E-state index >= 15 is 0 Å². The highest BCUT2D eigenvalue weighted by Crippen LogP contribution is 2.34. The lowest BCUT2D eigenvalue weighted by atomic mass is 9.88. The van der Waals surface area contributed by atoms with Crippen molar-refractivity contribution in [2.75, 3.05) is 0 Å². The van der Waals surface area contributed by atoms with Crippen molar-refractivity contribution in [1.82, 2.24) is 14.5 Å². The highest BCUT2D eigenvalue weighted by molar-refractivity contribution is 7.80. The minimum Gasteiger partial charge on any atom is -0.393 e. The molecule has 3 rings (SSSR count). The van der Waals surface area contributed by atoms with Crippen molar-refractivity contribution >= 4 is 40.0 Å². The molecule has 2 aromatic rings. The second-order valence-corrected chi connectivity index (χ2v) is 6.63.